The molecule has 0 radical (unpaired) electrons. The second kappa shape index (κ2) is 5.93. The third-order valence-corrected chi connectivity index (χ3v) is 5.45. The van der Waals surface area contributed by atoms with Crippen molar-refractivity contribution in [1.29, 1.82) is 0 Å². The second-order valence-electron chi connectivity index (χ2n) is 6.07. The maximum Gasteiger partial charge on any atom is 0.325 e. The van der Waals surface area contributed by atoms with Crippen molar-refractivity contribution in [2.75, 3.05) is 0 Å². The Morgan fingerprint density at radius 2 is 2.04 bits per heavy atom. The summed E-state index contributed by atoms with van der Waals surface area (Å²) in [6.07, 6.45) is 1.63. The van der Waals surface area contributed by atoms with E-state index < -0.39 is 17.5 Å². The van der Waals surface area contributed by atoms with E-state index in [2.05, 4.69) is 10.3 Å². The number of aromatic nitrogens is 2. The van der Waals surface area contributed by atoms with Crippen LogP contribution in [0.5, 0.6) is 0 Å². The van der Waals surface area contributed by atoms with Crippen LogP contribution in [0.2, 0.25) is 5.02 Å². The first-order chi connectivity index (χ1) is 12.4. The normalized spacial score (nSPS) is 20.0. The van der Waals surface area contributed by atoms with Crippen molar-refractivity contribution < 1.29 is 9.59 Å². The number of rotatable bonds is 3. The van der Waals surface area contributed by atoms with Gasteiger partial charge in [-0.15, -0.1) is 11.3 Å². The average Bonchev–Trinajstić information content (AvgIpc) is 3.15. The molecule has 0 aliphatic carbocycles. The van der Waals surface area contributed by atoms with Crippen molar-refractivity contribution in [2.45, 2.75) is 19.0 Å². The van der Waals surface area contributed by atoms with Crippen molar-refractivity contribution in [3.8, 4) is 0 Å². The number of thiazole rings is 1. The second-order valence-corrected chi connectivity index (χ2v) is 7.35. The predicted molar refractivity (Wildman–Crippen MR) is 97.2 cm³/mol. The summed E-state index contributed by atoms with van der Waals surface area (Å²) in [5.41, 5.74) is -0.655. The highest BCUT2D eigenvalue weighted by Crippen LogP contribution is 2.33. The molecule has 9 heteroatoms. The van der Waals surface area contributed by atoms with E-state index >= 15 is 0 Å². The van der Waals surface area contributed by atoms with Gasteiger partial charge in [0.1, 0.15) is 5.54 Å². The van der Waals surface area contributed by atoms with E-state index in [4.69, 9.17) is 11.6 Å². The Morgan fingerprint density at radius 3 is 2.81 bits per heavy atom. The summed E-state index contributed by atoms with van der Waals surface area (Å²) in [5.74, 6) is -0.441. The molecule has 3 heterocycles. The van der Waals surface area contributed by atoms with Gasteiger partial charge in [0.05, 0.1) is 12.2 Å². The van der Waals surface area contributed by atoms with E-state index in [0.717, 1.165) is 4.90 Å². The maximum atomic E-state index is 13.0. The van der Waals surface area contributed by atoms with Crippen LogP contribution in [0, 0.1) is 0 Å². The molecule has 132 valence electrons. The van der Waals surface area contributed by atoms with Crippen LogP contribution in [-0.4, -0.2) is 26.2 Å². The average molecular weight is 389 g/mol. The van der Waals surface area contributed by atoms with Crippen LogP contribution in [0.1, 0.15) is 18.2 Å². The van der Waals surface area contributed by atoms with Crippen LogP contribution in [0.15, 0.2) is 46.7 Å². The SMILES string of the molecule is C[C@]1(c2ccccc2Cl)NC(=O)N(Cc2cc(=O)n3ccsc3n2)C1=O. The molecule has 7 nitrogen and oxygen atoms in total. The summed E-state index contributed by atoms with van der Waals surface area (Å²) in [5, 5.41) is 4.84. The standard InChI is InChI=1S/C17H13ClN4O3S/c1-17(11-4-2-3-5-12(11)18)14(24)22(15(25)20-17)9-10-8-13(23)21-6-7-26-16(21)19-10/h2-8H,9H2,1H3,(H,20,25)/t17-/m1/s1. The summed E-state index contributed by atoms with van der Waals surface area (Å²) in [7, 11) is 0. The summed E-state index contributed by atoms with van der Waals surface area (Å²) >= 11 is 7.52. The molecular weight excluding hydrogens is 376 g/mol. The minimum atomic E-state index is -1.27. The highest BCUT2D eigenvalue weighted by atomic mass is 35.5. The topological polar surface area (TPSA) is 83.8 Å². The number of carbonyl (C=O) groups is 2. The van der Waals surface area contributed by atoms with Gasteiger partial charge in [-0.05, 0) is 13.0 Å². The molecule has 3 amide bonds. The van der Waals surface area contributed by atoms with Gasteiger partial charge in [-0.1, -0.05) is 29.8 Å². The van der Waals surface area contributed by atoms with Gasteiger partial charge >= 0.3 is 6.03 Å². The monoisotopic (exact) mass is 388 g/mol. The zero-order valence-electron chi connectivity index (χ0n) is 13.6. The number of urea groups is 1. The molecule has 1 atom stereocenters. The van der Waals surface area contributed by atoms with Gasteiger partial charge in [0.25, 0.3) is 11.5 Å². The first-order valence-electron chi connectivity index (χ1n) is 7.75. The van der Waals surface area contributed by atoms with Gasteiger partial charge in [0.15, 0.2) is 4.96 Å². The molecular formula is C17H13ClN4O3S. The van der Waals surface area contributed by atoms with Crippen molar-refractivity contribution in [2.24, 2.45) is 0 Å². The van der Waals surface area contributed by atoms with Crippen molar-refractivity contribution >= 4 is 39.8 Å². The smallest absolute Gasteiger partial charge is 0.319 e. The number of halogens is 1. The Morgan fingerprint density at radius 1 is 1.27 bits per heavy atom. The van der Waals surface area contributed by atoms with E-state index in [0.29, 0.717) is 21.2 Å². The van der Waals surface area contributed by atoms with Crippen LogP contribution >= 0.6 is 22.9 Å². The predicted octanol–water partition coefficient (Wildman–Crippen LogP) is 2.38. The molecule has 0 saturated carbocycles. The molecule has 0 spiro atoms. The van der Waals surface area contributed by atoms with Crippen molar-refractivity contribution in [3.05, 3.63) is 68.5 Å². The van der Waals surface area contributed by atoms with Crippen molar-refractivity contribution in [1.82, 2.24) is 19.6 Å². The highest BCUT2D eigenvalue weighted by molar-refractivity contribution is 7.15. The fourth-order valence-electron chi connectivity index (χ4n) is 3.02. The van der Waals surface area contributed by atoms with Crippen LogP contribution < -0.4 is 10.9 Å². The first-order valence-corrected chi connectivity index (χ1v) is 9.01. The van der Waals surface area contributed by atoms with E-state index in [1.54, 1.807) is 42.8 Å². The minimum absolute atomic E-state index is 0.0889. The minimum Gasteiger partial charge on any atom is -0.319 e. The number of imide groups is 1. The van der Waals surface area contributed by atoms with Crippen LogP contribution in [-0.2, 0) is 16.9 Å². The number of amides is 3. The number of hydrogen-bond donors (Lipinski definition) is 1. The van der Waals surface area contributed by atoms with Crippen LogP contribution in [0.3, 0.4) is 0 Å². The van der Waals surface area contributed by atoms with Crippen LogP contribution in [0.25, 0.3) is 4.96 Å². The molecule has 4 rings (SSSR count). The lowest BCUT2D eigenvalue weighted by molar-refractivity contribution is -0.131. The highest BCUT2D eigenvalue weighted by Gasteiger charge is 2.49. The molecule has 1 aliphatic rings. The van der Waals surface area contributed by atoms with Gasteiger partial charge in [-0.2, -0.15) is 0 Å². The number of fused-ring (bicyclic) bond motifs is 1. The zero-order valence-corrected chi connectivity index (χ0v) is 15.2. The Balaban J connectivity index is 1.69. The Hall–Kier alpha value is -2.71. The molecule has 2 aromatic heterocycles. The molecule has 1 fully saturated rings. The number of benzene rings is 1. The van der Waals surface area contributed by atoms with E-state index in [-0.39, 0.29) is 12.1 Å². The van der Waals surface area contributed by atoms with E-state index in [1.165, 1.54) is 21.8 Å². The maximum absolute atomic E-state index is 13.0. The molecule has 26 heavy (non-hydrogen) atoms. The van der Waals surface area contributed by atoms with Gasteiger partial charge < -0.3 is 5.32 Å². The summed E-state index contributed by atoms with van der Waals surface area (Å²) in [4.78, 5) is 43.4. The number of nitrogens with one attached hydrogen (secondary N) is 1. The molecule has 1 aliphatic heterocycles. The lowest BCUT2D eigenvalue weighted by Crippen LogP contribution is -2.41. The zero-order chi connectivity index (χ0) is 18.5. The quantitative estimate of drug-likeness (QED) is 0.698. The van der Waals surface area contributed by atoms with Gasteiger partial charge in [0.2, 0.25) is 0 Å². The fourth-order valence-corrected chi connectivity index (χ4v) is 4.08. The Labute approximate surface area is 156 Å². The Kier molecular flexibility index (Phi) is 3.82. The molecule has 1 N–H and O–H groups in total. The molecule has 1 aromatic carbocycles. The fraction of sp³-hybridized carbons (Fsp3) is 0.176. The van der Waals surface area contributed by atoms with E-state index in [1.807, 2.05) is 0 Å². The largest absolute Gasteiger partial charge is 0.325 e. The molecule has 3 aromatic rings. The third kappa shape index (κ3) is 2.49. The molecule has 0 unspecified atom stereocenters. The number of hydrogen-bond acceptors (Lipinski definition) is 5. The van der Waals surface area contributed by atoms with Gasteiger partial charge in [-0.25, -0.2) is 9.78 Å². The lowest BCUT2D eigenvalue weighted by atomic mass is 9.92. The lowest BCUT2D eigenvalue weighted by Gasteiger charge is -2.23. The van der Waals surface area contributed by atoms with Gasteiger partial charge in [-0.3, -0.25) is 18.9 Å². The first kappa shape index (κ1) is 16.7. The number of nitrogens with zero attached hydrogens (tertiary/aromatic N) is 3. The summed E-state index contributed by atoms with van der Waals surface area (Å²) in [6, 6.07) is 7.64. The number of carbonyl (C=O) groups excluding carboxylic acids is 2. The summed E-state index contributed by atoms with van der Waals surface area (Å²) in [6.45, 7) is 1.52. The van der Waals surface area contributed by atoms with Crippen LogP contribution in [0.4, 0.5) is 4.79 Å². The van der Waals surface area contributed by atoms with Crippen molar-refractivity contribution in [3.63, 3.8) is 0 Å². The molecule has 0 bridgehead atoms. The third-order valence-electron chi connectivity index (χ3n) is 4.36. The Bertz CT molecular complexity index is 1110. The summed E-state index contributed by atoms with van der Waals surface area (Å²) < 4.78 is 1.41. The van der Waals surface area contributed by atoms with E-state index in [9.17, 15) is 14.4 Å². The van der Waals surface area contributed by atoms with Gasteiger partial charge in [0, 0.05) is 28.2 Å². The molecule has 1 saturated heterocycles.